The number of amides is 1. The molecule has 3 rings (SSSR count). The monoisotopic (exact) mass is 332 g/mol. The maximum absolute atomic E-state index is 12.7. The van der Waals surface area contributed by atoms with Gasteiger partial charge in [-0.2, -0.15) is 0 Å². The summed E-state index contributed by atoms with van der Waals surface area (Å²) < 4.78 is 5.16. The zero-order valence-electron chi connectivity index (χ0n) is 13.5. The molecule has 0 bridgehead atoms. The van der Waals surface area contributed by atoms with Crippen molar-refractivity contribution in [2.45, 2.75) is 45.6 Å². The van der Waals surface area contributed by atoms with E-state index >= 15 is 0 Å². The van der Waals surface area contributed by atoms with Crippen LogP contribution < -0.4 is 0 Å². The average molecular weight is 333 g/mol. The van der Waals surface area contributed by atoms with E-state index in [9.17, 15) is 4.79 Å². The lowest BCUT2D eigenvalue weighted by atomic mass is 10.0. The standard InChI is InChI=1S/C18H21ClN2O2/c1-12-16(13(2)23-20-12)11-18(22)21-9-5-7-15(21)10-14-6-3-4-8-17(14)19/h3-4,6,8,15H,5,7,9-11H2,1-2H3. The fourth-order valence-electron chi connectivity index (χ4n) is 3.30. The third-order valence-corrected chi connectivity index (χ3v) is 4.99. The molecule has 1 unspecified atom stereocenters. The first-order valence-electron chi connectivity index (χ1n) is 8.01. The predicted octanol–water partition coefficient (Wildman–Crippen LogP) is 3.72. The van der Waals surface area contributed by atoms with E-state index in [2.05, 4.69) is 5.16 Å². The molecule has 23 heavy (non-hydrogen) atoms. The van der Waals surface area contributed by atoms with Crippen LogP contribution >= 0.6 is 11.6 Å². The van der Waals surface area contributed by atoms with Crippen LogP contribution in [-0.4, -0.2) is 28.6 Å². The first kappa shape index (κ1) is 16.1. The van der Waals surface area contributed by atoms with Crippen LogP contribution in [0, 0.1) is 13.8 Å². The Bertz CT molecular complexity index is 691. The highest BCUT2D eigenvalue weighted by Gasteiger charge is 2.30. The Morgan fingerprint density at radius 2 is 2.17 bits per heavy atom. The van der Waals surface area contributed by atoms with Crippen molar-refractivity contribution in [1.29, 1.82) is 0 Å². The Morgan fingerprint density at radius 1 is 1.39 bits per heavy atom. The number of aromatic nitrogens is 1. The molecule has 0 saturated carbocycles. The average Bonchev–Trinajstić information content (AvgIpc) is 3.11. The van der Waals surface area contributed by atoms with E-state index in [4.69, 9.17) is 16.1 Å². The molecule has 1 aliphatic heterocycles. The molecule has 5 heteroatoms. The van der Waals surface area contributed by atoms with Gasteiger partial charge in [0.25, 0.3) is 0 Å². The normalized spacial score (nSPS) is 17.7. The fourth-order valence-corrected chi connectivity index (χ4v) is 3.51. The van der Waals surface area contributed by atoms with Crippen LogP contribution in [0.5, 0.6) is 0 Å². The number of aryl methyl sites for hydroxylation is 2. The maximum atomic E-state index is 12.7. The molecule has 4 nitrogen and oxygen atoms in total. The molecule has 1 aliphatic rings. The summed E-state index contributed by atoms with van der Waals surface area (Å²) >= 11 is 6.26. The van der Waals surface area contributed by atoms with Gasteiger partial charge in [0.05, 0.1) is 12.1 Å². The predicted molar refractivity (Wildman–Crippen MR) is 89.6 cm³/mol. The zero-order valence-corrected chi connectivity index (χ0v) is 14.3. The molecule has 0 N–H and O–H groups in total. The molecule has 122 valence electrons. The van der Waals surface area contributed by atoms with E-state index in [1.54, 1.807) is 0 Å². The Hall–Kier alpha value is -1.81. The van der Waals surface area contributed by atoms with Crippen LogP contribution in [0.15, 0.2) is 28.8 Å². The van der Waals surface area contributed by atoms with Crippen molar-refractivity contribution in [3.05, 3.63) is 51.9 Å². The minimum atomic E-state index is 0.147. The van der Waals surface area contributed by atoms with Gasteiger partial charge in [0.15, 0.2) is 0 Å². The lowest BCUT2D eigenvalue weighted by molar-refractivity contribution is -0.131. The summed E-state index contributed by atoms with van der Waals surface area (Å²) in [5.74, 6) is 0.881. The Balaban J connectivity index is 1.71. The molecular formula is C18H21ClN2O2. The van der Waals surface area contributed by atoms with E-state index in [0.29, 0.717) is 6.42 Å². The summed E-state index contributed by atoms with van der Waals surface area (Å²) in [5.41, 5.74) is 2.83. The first-order chi connectivity index (χ1) is 11.1. The van der Waals surface area contributed by atoms with Gasteiger partial charge in [-0.15, -0.1) is 0 Å². The second kappa shape index (κ2) is 6.75. The SMILES string of the molecule is Cc1noc(C)c1CC(=O)N1CCCC1Cc1ccccc1Cl. The number of halogens is 1. The van der Waals surface area contributed by atoms with E-state index in [-0.39, 0.29) is 11.9 Å². The Kier molecular flexibility index (Phi) is 4.71. The number of carbonyl (C=O) groups is 1. The summed E-state index contributed by atoms with van der Waals surface area (Å²) in [6, 6.07) is 8.09. The third kappa shape index (κ3) is 3.42. The van der Waals surface area contributed by atoms with Crippen molar-refractivity contribution >= 4 is 17.5 Å². The topological polar surface area (TPSA) is 46.3 Å². The molecule has 1 saturated heterocycles. The number of rotatable bonds is 4. The maximum Gasteiger partial charge on any atom is 0.227 e. The fraction of sp³-hybridized carbons (Fsp3) is 0.444. The van der Waals surface area contributed by atoms with Crippen LogP contribution in [0.4, 0.5) is 0 Å². The second-order valence-corrected chi connectivity index (χ2v) is 6.57. The largest absolute Gasteiger partial charge is 0.361 e. The molecule has 1 amide bonds. The summed E-state index contributed by atoms with van der Waals surface area (Å²) in [5, 5.41) is 4.71. The highest BCUT2D eigenvalue weighted by atomic mass is 35.5. The number of likely N-dealkylation sites (tertiary alicyclic amines) is 1. The van der Waals surface area contributed by atoms with Crippen LogP contribution in [-0.2, 0) is 17.6 Å². The minimum absolute atomic E-state index is 0.147. The van der Waals surface area contributed by atoms with Crippen molar-refractivity contribution in [2.75, 3.05) is 6.54 Å². The van der Waals surface area contributed by atoms with Gasteiger partial charge in [-0.1, -0.05) is 35.0 Å². The van der Waals surface area contributed by atoms with Gasteiger partial charge < -0.3 is 9.42 Å². The molecule has 0 spiro atoms. The lowest BCUT2D eigenvalue weighted by Crippen LogP contribution is -2.38. The molecule has 1 atom stereocenters. The summed E-state index contributed by atoms with van der Waals surface area (Å²) in [6.07, 6.45) is 3.24. The summed E-state index contributed by atoms with van der Waals surface area (Å²) in [6.45, 7) is 4.55. The lowest BCUT2D eigenvalue weighted by Gasteiger charge is -2.25. The summed E-state index contributed by atoms with van der Waals surface area (Å²) in [4.78, 5) is 14.7. The highest BCUT2D eigenvalue weighted by molar-refractivity contribution is 6.31. The van der Waals surface area contributed by atoms with E-state index in [0.717, 1.165) is 53.4 Å². The summed E-state index contributed by atoms with van der Waals surface area (Å²) in [7, 11) is 0. The van der Waals surface area contributed by atoms with Gasteiger partial charge in [-0.3, -0.25) is 4.79 Å². The van der Waals surface area contributed by atoms with E-state index in [1.165, 1.54) is 0 Å². The van der Waals surface area contributed by atoms with Gasteiger partial charge in [-0.05, 0) is 44.7 Å². The molecule has 1 aromatic heterocycles. The Morgan fingerprint density at radius 3 is 2.87 bits per heavy atom. The minimum Gasteiger partial charge on any atom is -0.361 e. The van der Waals surface area contributed by atoms with Crippen LogP contribution in [0.2, 0.25) is 5.02 Å². The van der Waals surface area contributed by atoms with Crippen LogP contribution in [0.1, 0.15) is 35.4 Å². The van der Waals surface area contributed by atoms with Gasteiger partial charge in [0.2, 0.25) is 5.91 Å². The van der Waals surface area contributed by atoms with Gasteiger partial charge in [0.1, 0.15) is 5.76 Å². The van der Waals surface area contributed by atoms with Crippen molar-refractivity contribution in [3.63, 3.8) is 0 Å². The molecule has 1 fully saturated rings. The molecular weight excluding hydrogens is 312 g/mol. The molecule has 2 heterocycles. The second-order valence-electron chi connectivity index (χ2n) is 6.16. The number of hydrogen-bond acceptors (Lipinski definition) is 3. The number of benzene rings is 1. The van der Waals surface area contributed by atoms with Crippen molar-refractivity contribution < 1.29 is 9.32 Å². The Labute approximate surface area is 141 Å². The van der Waals surface area contributed by atoms with Crippen molar-refractivity contribution in [3.8, 4) is 0 Å². The first-order valence-corrected chi connectivity index (χ1v) is 8.38. The van der Waals surface area contributed by atoms with Gasteiger partial charge in [-0.25, -0.2) is 0 Å². The zero-order chi connectivity index (χ0) is 16.4. The van der Waals surface area contributed by atoms with Crippen molar-refractivity contribution in [2.24, 2.45) is 0 Å². The molecule has 1 aromatic carbocycles. The number of hydrogen-bond donors (Lipinski definition) is 0. The molecule has 2 aromatic rings. The number of carbonyl (C=O) groups excluding carboxylic acids is 1. The van der Waals surface area contributed by atoms with Gasteiger partial charge in [0, 0.05) is 23.2 Å². The highest BCUT2D eigenvalue weighted by Crippen LogP contribution is 2.26. The van der Waals surface area contributed by atoms with Crippen LogP contribution in [0.25, 0.3) is 0 Å². The molecule has 0 radical (unpaired) electrons. The number of nitrogens with zero attached hydrogens (tertiary/aromatic N) is 2. The van der Waals surface area contributed by atoms with E-state index in [1.807, 2.05) is 43.0 Å². The van der Waals surface area contributed by atoms with Crippen molar-refractivity contribution in [1.82, 2.24) is 10.1 Å². The van der Waals surface area contributed by atoms with E-state index < -0.39 is 0 Å². The smallest absolute Gasteiger partial charge is 0.227 e. The van der Waals surface area contributed by atoms with Gasteiger partial charge >= 0.3 is 0 Å². The van der Waals surface area contributed by atoms with Crippen LogP contribution in [0.3, 0.4) is 0 Å². The third-order valence-electron chi connectivity index (χ3n) is 4.62. The molecule has 0 aliphatic carbocycles. The quantitative estimate of drug-likeness (QED) is 0.857.